The van der Waals surface area contributed by atoms with Crippen molar-refractivity contribution in [1.82, 2.24) is 14.8 Å². The van der Waals surface area contributed by atoms with Crippen LogP contribution in [0.1, 0.15) is 16.9 Å². The number of nitrogens with zero attached hydrogens (tertiary/aromatic N) is 3. The molecule has 2 saturated heterocycles. The molecule has 4 rings (SSSR count). The quantitative estimate of drug-likeness (QED) is 0.854. The second-order valence-corrected chi connectivity index (χ2v) is 6.50. The summed E-state index contributed by atoms with van der Waals surface area (Å²) in [5.41, 5.74) is 1.67. The zero-order valence-electron chi connectivity index (χ0n) is 11.7. The van der Waals surface area contributed by atoms with E-state index >= 15 is 0 Å². The van der Waals surface area contributed by atoms with Gasteiger partial charge in [-0.05, 0) is 6.42 Å². The maximum absolute atomic E-state index is 12.7. The topological polar surface area (TPSA) is 36.4 Å². The Morgan fingerprint density at radius 1 is 1.19 bits per heavy atom. The van der Waals surface area contributed by atoms with Crippen molar-refractivity contribution in [3.05, 3.63) is 41.4 Å². The van der Waals surface area contributed by atoms with E-state index in [1.165, 1.54) is 0 Å². The Bertz CT molecular complexity index is 655. The summed E-state index contributed by atoms with van der Waals surface area (Å²) in [5.74, 6) is 0.0972. The minimum Gasteiger partial charge on any atom is -0.332 e. The highest BCUT2D eigenvalue weighted by Gasteiger charge is 2.36. The highest BCUT2D eigenvalue weighted by Crippen LogP contribution is 2.26. The van der Waals surface area contributed by atoms with E-state index in [1.54, 1.807) is 11.3 Å². The van der Waals surface area contributed by atoms with Crippen LogP contribution in [-0.4, -0.2) is 52.9 Å². The van der Waals surface area contributed by atoms with E-state index in [4.69, 9.17) is 0 Å². The molecule has 2 bridgehead atoms. The van der Waals surface area contributed by atoms with E-state index in [1.807, 2.05) is 40.6 Å². The van der Waals surface area contributed by atoms with Crippen molar-refractivity contribution in [1.29, 1.82) is 0 Å². The first-order valence-electron chi connectivity index (χ1n) is 7.35. The number of carbonyl (C=O) groups is 1. The van der Waals surface area contributed by atoms with Gasteiger partial charge in [0.05, 0.1) is 0 Å². The summed E-state index contributed by atoms with van der Waals surface area (Å²) in [7, 11) is 0. The Hall–Kier alpha value is -1.72. The lowest BCUT2D eigenvalue weighted by Gasteiger charge is -2.33. The molecule has 1 amide bonds. The molecule has 2 aromatic rings. The van der Waals surface area contributed by atoms with Crippen LogP contribution in [0.2, 0.25) is 0 Å². The molecule has 2 aliphatic heterocycles. The first-order chi connectivity index (χ1) is 10.3. The van der Waals surface area contributed by atoms with Gasteiger partial charge in [0.15, 0.2) is 0 Å². The average Bonchev–Trinajstić information content (AvgIpc) is 3.15. The fraction of sp³-hybridized carbons (Fsp3) is 0.375. The number of carbonyl (C=O) groups excluding carboxylic acids is 1. The molecule has 0 N–H and O–H groups in total. The molecule has 0 aliphatic carbocycles. The number of amides is 1. The molecule has 3 heterocycles. The van der Waals surface area contributed by atoms with E-state index in [2.05, 4.69) is 9.88 Å². The molecule has 1 aromatic heterocycles. The Morgan fingerprint density at radius 3 is 2.90 bits per heavy atom. The van der Waals surface area contributed by atoms with Crippen LogP contribution in [0.15, 0.2) is 35.7 Å². The summed E-state index contributed by atoms with van der Waals surface area (Å²) < 4.78 is 0. The fourth-order valence-electron chi connectivity index (χ4n) is 3.20. The Morgan fingerprint density at radius 2 is 2.05 bits per heavy atom. The van der Waals surface area contributed by atoms with Gasteiger partial charge in [-0.1, -0.05) is 30.3 Å². The molecule has 2 atom stereocenters. The van der Waals surface area contributed by atoms with E-state index in [-0.39, 0.29) is 5.91 Å². The zero-order chi connectivity index (χ0) is 14.2. The SMILES string of the molecule is O=C(c1csc(-c2ccccc2)n1)N1CCN2CCC1C2. The number of fused-ring (bicyclic) bond motifs is 2. The maximum atomic E-state index is 12.7. The number of thiazole rings is 1. The highest BCUT2D eigenvalue weighted by molar-refractivity contribution is 7.13. The van der Waals surface area contributed by atoms with Gasteiger partial charge in [0.25, 0.3) is 5.91 Å². The molecule has 2 fully saturated rings. The highest BCUT2D eigenvalue weighted by atomic mass is 32.1. The van der Waals surface area contributed by atoms with Crippen molar-refractivity contribution >= 4 is 17.2 Å². The summed E-state index contributed by atoms with van der Waals surface area (Å²) >= 11 is 1.55. The van der Waals surface area contributed by atoms with Gasteiger partial charge < -0.3 is 4.90 Å². The minimum atomic E-state index is 0.0972. The lowest BCUT2D eigenvalue weighted by atomic mass is 10.2. The van der Waals surface area contributed by atoms with Crippen molar-refractivity contribution in [3.8, 4) is 10.6 Å². The van der Waals surface area contributed by atoms with Gasteiger partial charge in [0.1, 0.15) is 10.7 Å². The normalized spacial score (nSPS) is 24.3. The van der Waals surface area contributed by atoms with Gasteiger partial charge in [0, 0.05) is 43.2 Å². The molecule has 2 unspecified atom stereocenters. The molecule has 21 heavy (non-hydrogen) atoms. The second kappa shape index (κ2) is 5.24. The molecule has 4 nitrogen and oxygen atoms in total. The Balaban J connectivity index is 1.56. The summed E-state index contributed by atoms with van der Waals surface area (Å²) in [6, 6.07) is 10.4. The maximum Gasteiger partial charge on any atom is 0.273 e. The third-order valence-corrected chi connectivity index (χ3v) is 5.24. The number of hydrogen-bond acceptors (Lipinski definition) is 4. The second-order valence-electron chi connectivity index (χ2n) is 5.65. The van der Waals surface area contributed by atoms with E-state index in [0.29, 0.717) is 11.7 Å². The van der Waals surface area contributed by atoms with E-state index in [0.717, 1.165) is 43.2 Å². The number of aromatic nitrogens is 1. The molecule has 0 saturated carbocycles. The summed E-state index contributed by atoms with van der Waals surface area (Å²) in [5, 5.41) is 2.82. The molecule has 2 aliphatic rings. The standard InChI is InChI=1S/C16H17N3OS/c20-16(19-9-8-18-7-6-13(19)10-18)14-11-21-15(17-14)12-4-2-1-3-5-12/h1-5,11,13H,6-10H2. The van der Waals surface area contributed by atoms with Crippen LogP contribution >= 0.6 is 11.3 Å². The van der Waals surface area contributed by atoms with Crippen LogP contribution in [0, 0.1) is 0 Å². The Labute approximate surface area is 128 Å². The first kappa shape index (κ1) is 13.0. The number of rotatable bonds is 2. The molecule has 5 heteroatoms. The van der Waals surface area contributed by atoms with Crippen LogP contribution in [0.25, 0.3) is 10.6 Å². The van der Waals surface area contributed by atoms with Gasteiger partial charge in [-0.25, -0.2) is 4.98 Å². The van der Waals surface area contributed by atoms with Gasteiger partial charge in [-0.3, -0.25) is 9.69 Å². The molecular weight excluding hydrogens is 282 g/mol. The van der Waals surface area contributed by atoms with Crippen LogP contribution < -0.4 is 0 Å². The molecular formula is C16H17N3OS. The van der Waals surface area contributed by atoms with E-state index in [9.17, 15) is 4.79 Å². The van der Waals surface area contributed by atoms with E-state index < -0.39 is 0 Å². The first-order valence-corrected chi connectivity index (χ1v) is 8.23. The molecule has 0 spiro atoms. The minimum absolute atomic E-state index is 0.0972. The van der Waals surface area contributed by atoms with Crippen molar-refractivity contribution in [2.45, 2.75) is 12.5 Å². The van der Waals surface area contributed by atoms with Crippen molar-refractivity contribution in [3.63, 3.8) is 0 Å². The van der Waals surface area contributed by atoms with Gasteiger partial charge in [0.2, 0.25) is 0 Å². The van der Waals surface area contributed by atoms with Crippen molar-refractivity contribution < 1.29 is 4.79 Å². The van der Waals surface area contributed by atoms with Gasteiger partial charge in [-0.15, -0.1) is 11.3 Å². The largest absolute Gasteiger partial charge is 0.332 e. The third kappa shape index (κ3) is 2.36. The fourth-order valence-corrected chi connectivity index (χ4v) is 4.00. The van der Waals surface area contributed by atoms with Gasteiger partial charge >= 0.3 is 0 Å². The summed E-state index contributed by atoms with van der Waals surface area (Å²) in [6.45, 7) is 3.99. The molecule has 1 aromatic carbocycles. The average molecular weight is 299 g/mol. The lowest BCUT2D eigenvalue weighted by Crippen LogP contribution is -2.49. The summed E-state index contributed by atoms with van der Waals surface area (Å²) in [6.07, 6.45) is 1.10. The third-order valence-electron chi connectivity index (χ3n) is 4.35. The summed E-state index contributed by atoms with van der Waals surface area (Å²) in [4.78, 5) is 21.7. The van der Waals surface area contributed by atoms with Crippen LogP contribution in [0.3, 0.4) is 0 Å². The van der Waals surface area contributed by atoms with Crippen molar-refractivity contribution in [2.24, 2.45) is 0 Å². The molecule has 108 valence electrons. The number of piperazine rings is 1. The lowest BCUT2D eigenvalue weighted by molar-refractivity contribution is 0.0604. The van der Waals surface area contributed by atoms with Crippen LogP contribution in [-0.2, 0) is 0 Å². The predicted octanol–water partition coefficient (Wildman–Crippen LogP) is 2.34. The number of benzene rings is 1. The smallest absolute Gasteiger partial charge is 0.273 e. The predicted molar refractivity (Wildman–Crippen MR) is 83.4 cm³/mol. The number of hydrogen-bond donors (Lipinski definition) is 0. The zero-order valence-corrected chi connectivity index (χ0v) is 12.6. The molecule has 0 radical (unpaired) electrons. The van der Waals surface area contributed by atoms with Gasteiger partial charge in [-0.2, -0.15) is 0 Å². The monoisotopic (exact) mass is 299 g/mol. The Kier molecular flexibility index (Phi) is 3.24. The van der Waals surface area contributed by atoms with Crippen LogP contribution in [0.4, 0.5) is 0 Å². The van der Waals surface area contributed by atoms with Crippen LogP contribution in [0.5, 0.6) is 0 Å². The van der Waals surface area contributed by atoms with Crippen molar-refractivity contribution in [2.75, 3.05) is 26.2 Å².